The summed E-state index contributed by atoms with van der Waals surface area (Å²) in [6.07, 6.45) is 4.09. The Bertz CT molecular complexity index is 107. The summed E-state index contributed by atoms with van der Waals surface area (Å²) in [6.45, 7) is 0. The highest BCUT2D eigenvalue weighted by Gasteiger charge is 2.26. The van der Waals surface area contributed by atoms with Gasteiger partial charge in [-0.2, -0.15) is 0 Å². The fraction of sp³-hybridized carbons (Fsp3) is 1.00. The van der Waals surface area contributed by atoms with E-state index in [1.807, 2.05) is 0 Å². The Morgan fingerprint density at radius 1 is 0.818 bits per heavy atom. The number of rotatable bonds is 2. The molecular weight excluding hydrogens is 136 g/mol. The van der Waals surface area contributed by atoms with Crippen LogP contribution in [-0.2, 0) is 0 Å². The molecule has 0 aliphatic heterocycles. The maximum absolute atomic E-state index is 2.35. The average Bonchev–Trinajstić information content (AvgIpc) is 2.33. The van der Waals surface area contributed by atoms with Crippen LogP contribution in [0, 0.1) is 0 Å². The molecular formula is C9H20N2. The van der Waals surface area contributed by atoms with Gasteiger partial charge in [0.2, 0.25) is 0 Å². The van der Waals surface area contributed by atoms with Gasteiger partial charge in [0, 0.05) is 12.1 Å². The third kappa shape index (κ3) is 2.17. The fourth-order valence-corrected chi connectivity index (χ4v) is 1.87. The SMILES string of the molecule is CN(C)C1CCC(N(C)C)C1. The van der Waals surface area contributed by atoms with Crippen molar-refractivity contribution in [2.24, 2.45) is 0 Å². The van der Waals surface area contributed by atoms with Gasteiger partial charge >= 0.3 is 0 Å². The van der Waals surface area contributed by atoms with Gasteiger partial charge in [-0.05, 0) is 47.5 Å². The van der Waals surface area contributed by atoms with E-state index in [9.17, 15) is 0 Å². The van der Waals surface area contributed by atoms with Gasteiger partial charge < -0.3 is 9.80 Å². The Morgan fingerprint density at radius 2 is 1.18 bits per heavy atom. The first-order valence-corrected chi connectivity index (χ1v) is 4.44. The van der Waals surface area contributed by atoms with Crippen LogP contribution in [0.3, 0.4) is 0 Å². The zero-order valence-corrected chi connectivity index (χ0v) is 8.17. The van der Waals surface area contributed by atoms with Crippen LogP contribution >= 0.6 is 0 Å². The molecule has 1 rings (SSSR count). The molecule has 2 nitrogen and oxygen atoms in total. The molecule has 1 aliphatic rings. The van der Waals surface area contributed by atoms with Crippen LogP contribution in [0.25, 0.3) is 0 Å². The van der Waals surface area contributed by atoms with Crippen LogP contribution < -0.4 is 0 Å². The van der Waals surface area contributed by atoms with Gasteiger partial charge in [-0.25, -0.2) is 0 Å². The monoisotopic (exact) mass is 156 g/mol. The molecule has 0 aromatic carbocycles. The second-order valence-corrected chi connectivity index (χ2v) is 4.05. The maximum atomic E-state index is 2.35. The van der Waals surface area contributed by atoms with Crippen molar-refractivity contribution in [3.05, 3.63) is 0 Å². The predicted octanol–water partition coefficient (Wildman–Crippen LogP) is 1.03. The standard InChI is InChI=1S/C9H20N2/c1-10(2)8-5-6-9(7-8)11(3)4/h8-9H,5-7H2,1-4H3. The zero-order valence-electron chi connectivity index (χ0n) is 8.17. The molecule has 0 aromatic rings. The van der Waals surface area contributed by atoms with Crippen LogP contribution in [0.2, 0.25) is 0 Å². The van der Waals surface area contributed by atoms with Crippen LogP contribution in [0.1, 0.15) is 19.3 Å². The first-order valence-electron chi connectivity index (χ1n) is 4.44. The Balaban J connectivity index is 2.35. The minimum atomic E-state index is 0.822. The molecule has 1 aliphatic carbocycles. The van der Waals surface area contributed by atoms with E-state index >= 15 is 0 Å². The van der Waals surface area contributed by atoms with E-state index in [-0.39, 0.29) is 0 Å². The van der Waals surface area contributed by atoms with E-state index in [1.54, 1.807) is 0 Å². The summed E-state index contributed by atoms with van der Waals surface area (Å²) in [4.78, 5) is 4.70. The summed E-state index contributed by atoms with van der Waals surface area (Å²) >= 11 is 0. The number of hydrogen-bond donors (Lipinski definition) is 0. The Kier molecular flexibility index (Phi) is 2.90. The lowest BCUT2D eigenvalue weighted by Crippen LogP contribution is -2.29. The van der Waals surface area contributed by atoms with E-state index in [1.165, 1.54) is 19.3 Å². The molecule has 1 saturated carbocycles. The third-order valence-electron chi connectivity index (χ3n) is 2.84. The van der Waals surface area contributed by atoms with Crippen molar-refractivity contribution in [2.75, 3.05) is 28.2 Å². The molecule has 0 N–H and O–H groups in total. The molecule has 0 amide bonds. The zero-order chi connectivity index (χ0) is 8.43. The predicted molar refractivity (Wildman–Crippen MR) is 48.8 cm³/mol. The van der Waals surface area contributed by atoms with Crippen LogP contribution in [0.15, 0.2) is 0 Å². The molecule has 1 fully saturated rings. The largest absolute Gasteiger partial charge is 0.306 e. The van der Waals surface area contributed by atoms with E-state index in [0.717, 1.165) is 12.1 Å². The van der Waals surface area contributed by atoms with Gasteiger partial charge in [0.05, 0.1) is 0 Å². The quantitative estimate of drug-likeness (QED) is 0.589. The minimum Gasteiger partial charge on any atom is -0.306 e. The average molecular weight is 156 g/mol. The van der Waals surface area contributed by atoms with Crippen molar-refractivity contribution in [3.63, 3.8) is 0 Å². The summed E-state index contributed by atoms with van der Waals surface area (Å²) in [5.74, 6) is 0. The molecule has 66 valence electrons. The van der Waals surface area contributed by atoms with Crippen molar-refractivity contribution >= 4 is 0 Å². The Labute approximate surface area is 70.2 Å². The van der Waals surface area contributed by atoms with E-state index in [2.05, 4.69) is 38.0 Å². The first kappa shape index (κ1) is 9.01. The summed E-state index contributed by atoms with van der Waals surface area (Å²) in [5, 5.41) is 0. The van der Waals surface area contributed by atoms with Gasteiger partial charge in [-0.3, -0.25) is 0 Å². The summed E-state index contributed by atoms with van der Waals surface area (Å²) < 4.78 is 0. The van der Waals surface area contributed by atoms with Crippen molar-refractivity contribution in [1.82, 2.24) is 9.80 Å². The highest BCUT2D eigenvalue weighted by molar-refractivity contribution is 4.84. The molecule has 2 heteroatoms. The van der Waals surface area contributed by atoms with E-state index in [0.29, 0.717) is 0 Å². The summed E-state index contributed by atoms with van der Waals surface area (Å²) in [7, 11) is 8.73. The topological polar surface area (TPSA) is 6.48 Å². The minimum absolute atomic E-state index is 0.822. The number of nitrogens with zero attached hydrogens (tertiary/aromatic N) is 2. The maximum Gasteiger partial charge on any atom is 0.0105 e. The van der Waals surface area contributed by atoms with Crippen LogP contribution in [0.5, 0.6) is 0 Å². The lowest BCUT2D eigenvalue weighted by molar-refractivity contribution is 0.257. The van der Waals surface area contributed by atoms with Crippen LogP contribution in [-0.4, -0.2) is 50.1 Å². The van der Waals surface area contributed by atoms with E-state index < -0.39 is 0 Å². The lowest BCUT2D eigenvalue weighted by atomic mass is 10.2. The fourth-order valence-electron chi connectivity index (χ4n) is 1.87. The second-order valence-electron chi connectivity index (χ2n) is 4.05. The molecule has 2 atom stereocenters. The van der Waals surface area contributed by atoms with Gasteiger partial charge in [0.1, 0.15) is 0 Å². The van der Waals surface area contributed by atoms with Crippen molar-refractivity contribution in [2.45, 2.75) is 31.3 Å². The van der Waals surface area contributed by atoms with Gasteiger partial charge in [-0.1, -0.05) is 0 Å². The van der Waals surface area contributed by atoms with Crippen LogP contribution in [0.4, 0.5) is 0 Å². The second kappa shape index (κ2) is 3.55. The summed E-state index contributed by atoms with van der Waals surface area (Å²) in [6, 6.07) is 1.64. The summed E-state index contributed by atoms with van der Waals surface area (Å²) in [5.41, 5.74) is 0. The molecule has 2 unspecified atom stereocenters. The molecule has 0 radical (unpaired) electrons. The smallest absolute Gasteiger partial charge is 0.0105 e. The van der Waals surface area contributed by atoms with Gasteiger partial charge in [0.15, 0.2) is 0 Å². The van der Waals surface area contributed by atoms with Crippen molar-refractivity contribution in [3.8, 4) is 0 Å². The normalized spacial score (nSPS) is 32.2. The third-order valence-corrected chi connectivity index (χ3v) is 2.84. The van der Waals surface area contributed by atoms with Crippen molar-refractivity contribution < 1.29 is 0 Å². The Hall–Kier alpha value is -0.0800. The van der Waals surface area contributed by atoms with Crippen molar-refractivity contribution in [1.29, 1.82) is 0 Å². The molecule has 0 heterocycles. The first-order chi connectivity index (χ1) is 5.11. The van der Waals surface area contributed by atoms with E-state index in [4.69, 9.17) is 0 Å². The molecule has 0 spiro atoms. The lowest BCUT2D eigenvalue weighted by Gasteiger charge is -2.21. The van der Waals surface area contributed by atoms with Gasteiger partial charge in [0.25, 0.3) is 0 Å². The number of hydrogen-bond acceptors (Lipinski definition) is 2. The molecule has 0 saturated heterocycles. The highest BCUT2D eigenvalue weighted by Crippen LogP contribution is 2.24. The molecule has 0 aromatic heterocycles. The molecule has 11 heavy (non-hydrogen) atoms. The Morgan fingerprint density at radius 3 is 1.36 bits per heavy atom. The van der Waals surface area contributed by atoms with Gasteiger partial charge in [-0.15, -0.1) is 0 Å². The molecule has 0 bridgehead atoms. The highest BCUT2D eigenvalue weighted by atomic mass is 15.1.